The first-order valence-corrected chi connectivity index (χ1v) is 8.29. The molecule has 0 radical (unpaired) electrons. The number of nitrogens with zero attached hydrogens (tertiary/aromatic N) is 1. The smallest absolute Gasteiger partial charge is 0.175 e. The molecule has 2 aromatic rings. The van der Waals surface area contributed by atoms with E-state index in [1.165, 1.54) is 0 Å². The van der Waals surface area contributed by atoms with Crippen LogP contribution in [0, 0.1) is 11.3 Å². The highest BCUT2D eigenvalue weighted by Gasteiger charge is 2.11. The normalized spacial score (nSPS) is 10.7. The third-order valence-corrected chi connectivity index (χ3v) is 4.02. The Hall–Kier alpha value is -2.71. The van der Waals surface area contributed by atoms with Crippen LogP contribution in [0.15, 0.2) is 53.5 Å². The number of methoxy groups -OCH3 is 2. The molecule has 0 bridgehead atoms. The minimum absolute atomic E-state index is 0.374. The van der Waals surface area contributed by atoms with Crippen molar-refractivity contribution in [2.24, 2.45) is 0 Å². The van der Waals surface area contributed by atoms with Gasteiger partial charge >= 0.3 is 0 Å². The highest BCUT2D eigenvalue weighted by molar-refractivity contribution is 9.10. The largest absolute Gasteiger partial charge is 0.497 e. The molecule has 0 aliphatic carbocycles. The fourth-order valence-corrected chi connectivity index (χ4v) is 2.80. The molecule has 2 aromatic carbocycles. The van der Waals surface area contributed by atoms with E-state index >= 15 is 0 Å². The van der Waals surface area contributed by atoms with Crippen molar-refractivity contribution >= 4 is 27.6 Å². The molecule has 0 N–H and O–H groups in total. The van der Waals surface area contributed by atoms with Gasteiger partial charge in [-0.2, -0.15) is 5.26 Å². The Bertz CT molecular complexity index is 820. The number of hydrogen-bond acceptors (Lipinski definition) is 4. The van der Waals surface area contributed by atoms with E-state index in [0.717, 1.165) is 21.3 Å². The Morgan fingerprint density at radius 3 is 2.48 bits per heavy atom. The molecule has 0 unspecified atom stereocenters. The van der Waals surface area contributed by atoms with E-state index in [2.05, 4.69) is 28.6 Å². The summed E-state index contributed by atoms with van der Waals surface area (Å²) >= 11 is 3.49. The molecule has 0 aromatic heterocycles. The van der Waals surface area contributed by atoms with Crippen molar-refractivity contribution < 1.29 is 14.2 Å². The summed E-state index contributed by atoms with van der Waals surface area (Å²) in [7, 11) is 3.18. The fourth-order valence-electron chi connectivity index (χ4n) is 2.22. The maximum absolute atomic E-state index is 9.51. The molecule has 0 aliphatic heterocycles. The number of rotatable bonds is 7. The molecule has 5 heteroatoms. The van der Waals surface area contributed by atoms with Crippen LogP contribution in [0.2, 0.25) is 0 Å². The number of benzene rings is 2. The number of nitriles is 1. The summed E-state index contributed by atoms with van der Waals surface area (Å²) in [5.74, 6) is 1.92. The van der Waals surface area contributed by atoms with Gasteiger partial charge in [0, 0.05) is 0 Å². The lowest BCUT2D eigenvalue weighted by Gasteiger charge is -2.12. The molecule has 0 saturated heterocycles. The summed E-state index contributed by atoms with van der Waals surface area (Å²) in [5.41, 5.74) is 2.17. The SMILES string of the molecule is C=CCOc1c(Br)cc(/C=C(\C#N)c2ccc(OC)cc2)cc1OC. The molecule has 0 saturated carbocycles. The van der Waals surface area contributed by atoms with E-state index in [1.807, 2.05) is 36.4 Å². The quantitative estimate of drug-likeness (QED) is 0.369. The summed E-state index contributed by atoms with van der Waals surface area (Å²) in [6, 6.07) is 13.3. The highest BCUT2D eigenvalue weighted by atomic mass is 79.9. The summed E-state index contributed by atoms with van der Waals surface area (Å²) < 4.78 is 16.9. The average molecular weight is 400 g/mol. The van der Waals surface area contributed by atoms with Gasteiger partial charge in [0.25, 0.3) is 0 Å². The minimum atomic E-state index is 0.374. The van der Waals surface area contributed by atoms with Crippen molar-refractivity contribution in [2.45, 2.75) is 0 Å². The van der Waals surface area contributed by atoms with Gasteiger partial charge in [-0.15, -0.1) is 0 Å². The Morgan fingerprint density at radius 1 is 1.20 bits per heavy atom. The molecular formula is C20H18BrNO3. The second-order valence-corrected chi connectivity index (χ2v) is 5.89. The number of halogens is 1. The molecule has 0 fully saturated rings. The third-order valence-electron chi connectivity index (χ3n) is 3.43. The molecular weight excluding hydrogens is 382 g/mol. The van der Waals surface area contributed by atoms with Gasteiger partial charge in [0.15, 0.2) is 11.5 Å². The van der Waals surface area contributed by atoms with Crippen LogP contribution in [-0.4, -0.2) is 20.8 Å². The second kappa shape index (κ2) is 8.95. The lowest BCUT2D eigenvalue weighted by Crippen LogP contribution is -1.97. The Morgan fingerprint density at radius 2 is 1.92 bits per heavy atom. The van der Waals surface area contributed by atoms with Crippen molar-refractivity contribution in [3.05, 3.63) is 64.7 Å². The van der Waals surface area contributed by atoms with Crippen LogP contribution in [0.1, 0.15) is 11.1 Å². The molecule has 0 aliphatic rings. The van der Waals surface area contributed by atoms with E-state index in [0.29, 0.717) is 23.7 Å². The standard InChI is InChI=1S/C20H18BrNO3/c1-4-9-25-20-18(21)11-14(12-19(20)24-3)10-16(13-22)15-5-7-17(23-2)8-6-15/h4-8,10-12H,1,9H2,2-3H3/b16-10+. The monoisotopic (exact) mass is 399 g/mol. The molecule has 0 spiro atoms. The van der Waals surface area contributed by atoms with Crippen molar-refractivity contribution in [1.29, 1.82) is 5.26 Å². The van der Waals surface area contributed by atoms with Crippen LogP contribution < -0.4 is 14.2 Å². The maximum atomic E-state index is 9.51. The van der Waals surface area contributed by atoms with Crippen LogP contribution in [0.25, 0.3) is 11.6 Å². The molecule has 128 valence electrons. The fraction of sp³-hybridized carbons (Fsp3) is 0.150. The summed E-state index contributed by atoms with van der Waals surface area (Å²) in [5, 5.41) is 9.51. The van der Waals surface area contributed by atoms with E-state index in [9.17, 15) is 5.26 Å². The van der Waals surface area contributed by atoms with Gasteiger partial charge in [0.05, 0.1) is 30.3 Å². The first-order valence-electron chi connectivity index (χ1n) is 7.50. The first-order chi connectivity index (χ1) is 12.1. The zero-order valence-electron chi connectivity index (χ0n) is 14.1. The van der Waals surface area contributed by atoms with Crippen LogP contribution in [0.5, 0.6) is 17.2 Å². The van der Waals surface area contributed by atoms with E-state index < -0.39 is 0 Å². The summed E-state index contributed by atoms with van der Waals surface area (Å²) in [6.07, 6.45) is 3.46. The lowest BCUT2D eigenvalue weighted by atomic mass is 10.0. The molecule has 0 atom stereocenters. The molecule has 4 nitrogen and oxygen atoms in total. The van der Waals surface area contributed by atoms with Crippen molar-refractivity contribution in [3.63, 3.8) is 0 Å². The minimum Gasteiger partial charge on any atom is -0.497 e. The number of ether oxygens (including phenoxy) is 3. The van der Waals surface area contributed by atoms with Crippen LogP contribution in [0.4, 0.5) is 0 Å². The van der Waals surface area contributed by atoms with Gasteiger partial charge in [0.1, 0.15) is 12.4 Å². The molecule has 0 heterocycles. The zero-order valence-corrected chi connectivity index (χ0v) is 15.7. The first kappa shape index (κ1) is 18.6. The van der Waals surface area contributed by atoms with Crippen LogP contribution >= 0.6 is 15.9 Å². The van der Waals surface area contributed by atoms with Crippen molar-refractivity contribution in [3.8, 4) is 23.3 Å². The topological polar surface area (TPSA) is 51.5 Å². The molecule has 0 amide bonds. The third kappa shape index (κ3) is 4.65. The molecule has 25 heavy (non-hydrogen) atoms. The van der Waals surface area contributed by atoms with E-state index in [1.54, 1.807) is 26.4 Å². The molecule has 2 rings (SSSR count). The van der Waals surface area contributed by atoms with Gasteiger partial charge in [-0.3, -0.25) is 0 Å². The number of hydrogen-bond donors (Lipinski definition) is 0. The van der Waals surface area contributed by atoms with Gasteiger partial charge < -0.3 is 14.2 Å². The highest BCUT2D eigenvalue weighted by Crippen LogP contribution is 2.37. The van der Waals surface area contributed by atoms with E-state index in [4.69, 9.17) is 14.2 Å². The Labute approximate surface area is 156 Å². The van der Waals surface area contributed by atoms with Crippen molar-refractivity contribution in [1.82, 2.24) is 0 Å². The summed E-state index contributed by atoms with van der Waals surface area (Å²) in [4.78, 5) is 0. The van der Waals surface area contributed by atoms with Gasteiger partial charge in [-0.25, -0.2) is 0 Å². The van der Waals surface area contributed by atoms with Crippen LogP contribution in [-0.2, 0) is 0 Å². The average Bonchev–Trinajstić information content (AvgIpc) is 2.65. The lowest BCUT2D eigenvalue weighted by molar-refractivity contribution is 0.324. The predicted molar refractivity (Wildman–Crippen MR) is 103 cm³/mol. The summed E-state index contributed by atoms with van der Waals surface area (Å²) in [6.45, 7) is 4.01. The van der Waals surface area contributed by atoms with Gasteiger partial charge in [0.2, 0.25) is 0 Å². The van der Waals surface area contributed by atoms with E-state index in [-0.39, 0.29) is 0 Å². The number of allylic oxidation sites excluding steroid dienone is 1. The Kier molecular flexibility index (Phi) is 6.67. The zero-order chi connectivity index (χ0) is 18.2. The Balaban J connectivity index is 2.41. The predicted octanol–water partition coefficient (Wildman–Crippen LogP) is 5.10. The van der Waals surface area contributed by atoms with Gasteiger partial charge in [-0.05, 0) is 69.5 Å². The van der Waals surface area contributed by atoms with Crippen molar-refractivity contribution in [2.75, 3.05) is 20.8 Å². The maximum Gasteiger partial charge on any atom is 0.175 e. The second-order valence-electron chi connectivity index (χ2n) is 5.03. The van der Waals surface area contributed by atoms with Gasteiger partial charge in [-0.1, -0.05) is 12.7 Å². The van der Waals surface area contributed by atoms with Crippen LogP contribution in [0.3, 0.4) is 0 Å².